The zero-order chi connectivity index (χ0) is 12.8. The summed E-state index contributed by atoms with van der Waals surface area (Å²) in [6.07, 6.45) is 0. The number of hydrogen-bond acceptors (Lipinski definition) is 3. The van der Waals surface area contributed by atoms with E-state index in [1.54, 1.807) is 0 Å². The Morgan fingerprint density at radius 2 is 1.56 bits per heavy atom. The molecule has 0 unspecified atom stereocenters. The molecule has 0 aliphatic heterocycles. The van der Waals surface area contributed by atoms with Gasteiger partial charge in [0, 0.05) is 5.56 Å². The quantitative estimate of drug-likeness (QED) is 0.652. The van der Waals surface area contributed by atoms with E-state index in [0.717, 1.165) is 17.1 Å². The lowest BCUT2D eigenvalue weighted by Gasteiger charge is -2.07. The van der Waals surface area contributed by atoms with Crippen molar-refractivity contribution in [1.82, 2.24) is 0 Å². The molecular weight excluding hydrogens is 226 g/mol. The standard InChI is InChI=1S/C15H15NO2/c1-2-17-15(16)12-8-10-14(11-9-12)18-13-6-4-3-5-7-13/h3-11,16H,2H2,1H3. The summed E-state index contributed by atoms with van der Waals surface area (Å²) in [6, 6.07) is 16.9. The average molecular weight is 241 g/mol. The third-order valence-electron chi connectivity index (χ3n) is 2.38. The highest BCUT2D eigenvalue weighted by atomic mass is 16.5. The minimum absolute atomic E-state index is 0.184. The topological polar surface area (TPSA) is 42.3 Å². The van der Waals surface area contributed by atoms with E-state index >= 15 is 0 Å². The normalized spacial score (nSPS) is 9.83. The maximum absolute atomic E-state index is 7.66. The third-order valence-corrected chi connectivity index (χ3v) is 2.38. The molecule has 2 aromatic rings. The van der Waals surface area contributed by atoms with Crippen LogP contribution in [0.5, 0.6) is 11.5 Å². The number of benzene rings is 2. The maximum atomic E-state index is 7.66. The van der Waals surface area contributed by atoms with Crippen LogP contribution in [0.4, 0.5) is 0 Å². The molecule has 0 heterocycles. The van der Waals surface area contributed by atoms with E-state index in [2.05, 4.69) is 0 Å². The van der Waals surface area contributed by atoms with Crippen molar-refractivity contribution in [2.24, 2.45) is 0 Å². The molecule has 3 heteroatoms. The average Bonchev–Trinajstić information content (AvgIpc) is 2.41. The summed E-state index contributed by atoms with van der Waals surface area (Å²) in [4.78, 5) is 0. The summed E-state index contributed by atoms with van der Waals surface area (Å²) < 4.78 is 10.8. The van der Waals surface area contributed by atoms with Gasteiger partial charge in [-0.1, -0.05) is 18.2 Å². The Labute approximate surface area is 106 Å². The smallest absolute Gasteiger partial charge is 0.213 e. The van der Waals surface area contributed by atoms with Crippen LogP contribution in [-0.2, 0) is 4.74 Å². The fourth-order valence-electron chi connectivity index (χ4n) is 1.53. The van der Waals surface area contributed by atoms with Crippen LogP contribution in [0.1, 0.15) is 12.5 Å². The lowest BCUT2D eigenvalue weighted by molar-refractivity contribution is 0.325. The predicted octanol–water partition coefficient (Wildman–Crippen LogP) is 3.84. The van der Waals surface area contributed by atoms with E-state index in [1.165, 1.54) is 0 Å². The molecule has 0 saturated heterocycles. The molecule has 0 aromatic heterocycles. The molecule has 18 heavy (non-hydrogen) atoms. The van der Waals surface area contributed by atoms with Gasteiger partial charge in [0.1, 0.15) is 11.5 Å². The highest BCUT2D eigenvalue weighted by Crippen LogP contribution is 2.21. The van der Waals surface area contributed by atoms with Gasteiger partial charge in [-0.05, 0) is 43.3 Å². The number of nitrogens with one attached hydrogen (secondary N) is 1. The molecule has 1 N–H and O–H groups in total. The van der Waals surface area contributed by atoms with E-state index in [9.17, 15) is 0 Å². The van der Waals surface area contributed by atoms with Crippen molar-refractivity contribution in [2.75, 3.05) is 6.61 Å². The summed E-state index contributed by atoms with van der Waals surface area (Å²) in [5.74, 6) is 1.73. The Bertz CT molecular complexity index is 506. The Morgan fingerprint density at radius 3 is 2.17 bits per heavy atom. The highest BCUT2D eigenvalue weighted by molar-refractivity contribution is 5.91. The third kappa shape index (κ3) is 3.10. The van der Waals surface area contributed by atoms with Gasteiger partial charge in [0.05, 0.1) is 6.61 Å². The van der Waals surface area contributed by atoms with Gasteiger partial charge in [-0.2, -0.15) is 0 Å². The Balaban J connectivity index is 2.06. The first-order chi connectivity index (χ1) is 8.79. The first-order valence-electron chi connectivity index (χ1n) is 5.84. The van der Waals surface area contributed by atoms with Crippen LogP contribution in [0.25, 0.3) is 0 Å². The highest BCUT2D eigenvalue weighted by Gasteiger charge is 2.02. The lowest BCUT2D eigenvalue weighted by atomic mass is 10.2. The van der Waals surface area contributed by atoms with E-state index in [4.69, 9.17) is 14.9 Å². The van der Waals surface area contributed by atoms with Gasteiger partial charge in [-0.15, -0.1) is 0 Å². The Morgan fingerprint density at radius 1 is 0.944 bits per heavy atom. The molecule has 0 radical (unpaired) electrons. The predicted molar refractivity (Wildman–Crippen MR) is 71.4 cm³/mol. The molecule has 2 rings (SSSR count). The lowest BCUT2D eigenvalue weighted by Crippen LogP contribution is -2.04. The fraction of sp³-hybridized carbons (Fsp3) is 0.133. The molecule has 0 aliphatic rings. The van der Waals surface area contributed by atoms with Gasteiger partial charge in [-0.3, -0.25) is 5.41 Å². The van der Waals surface area contributed by atoms with Crippen molar-refractivity contribution in [3.63, 3.8) is 0 Å². The van der Waals surface area contributed by atoms with Gasteiger partial charge in [0.15, 0.2) is 0 Å². The number of hydrogen-bond donors (Lipinski definition) is 1. The Kier molecular flexibility index (Phi) is 3.97. The van der Waals surface area contributed by atoms with E-state index in [1.807, 2.05) is 61.5 Å². The molecule has 0 spiro atoms. The summed E-state index contributed by atoms with van der Waals surface area (Å²) in [7, 11) is 0. The van der Waals surface area contributed by atoms with Gasteiger partial charge < -0.3 is 9.47 Å². The fourth-order valence-corrected chi connectivity index (χ4v) is 1.53. The van der Waals surface area contributed by atoms with Crippen LogP contribution in [0.15, 0.2) is 54.6 Å². The van der Waals surface area contributed by atoms with Crippen molar-refractivity contribution in [2.45, 2.75) is 6.92 Å². The first kappa shape index (κ1) is 12.2. The largest absolute Gasteiger partial charge is 0.478 e. The van der Waals surface area contributed by atoms with E-state index in [-0.39, 0.29) is 5.90 Å². The molecule has 0 saturated carbocycles. The molecule has 0 fully saturated rings. The van der Waals surface area contributed by atoms with Crippen LogP contribution >= 0.6 is 0 Å². The molecule has 0 atom stereocenters. The monoisotopic (exact) mass is 241 g/mol. The molecule has 0 bridgehead atoms. The summed E-state index contributed by atoms with van der Waals surface area (Å²) >= 11 is 0. The molecule has 0 amide bonds. The van der Waals surface area contributed by atoms with E-state index in [0.29, 0.717) is 6.61 Å². The van der Waals surface area contributed by atoms with Gasteiger partial charge in [-0.25, -0.2) is 0 Å². The molecular formula is C15H15NO2. The molecule has 2 aromatic carbocycles. The van der Waals surface area contributed by atoms with Crippen LogP contribution in [-0.4, -0.2) is 12.5 Å². The summed E-state index contributed by atoms with van der Waals surface area (Å²) in [5.41, 5.74) is 0.747. The van der Waals surface area contributed by atoms with Gasteiger partial charge in [0.25, 0.3) is 0 Å². The summed E-state index contributed by atoms with van der Waals surface area (Å²) in [5, 5.41) is 7.66. The molecule has 92 valence electrons. The number of rotatable bonds is 4. The zero-order valence-electron chi connectivity index (χ0n) is 10.2. The SMILES string of the molecule is CCOC(=N)c1ccc(Oc2ccccc2)cc1. The second-order valence-electron chi connectivity index (χ2n) is 3.70. The van der Waals surface area contributed by atoms with Crippen molar-refractivity contribution in [3.05, 3.63) is 60.2 Å². The Hall–Kier alpha value is -2.29. The van der Waals surface area contributed by atoms with Crippen molar-refractivity contribution in [3.8, 4) is 11.5 Å². The number of para-hydroxylation sites is 1. The maximum Gasteiger partial charge on any atom is 0.213 e. The van der Waals surface area contributed by atoms with Crippen LogP contribution < -0.4 is 4.74 Å². The number of ether oxygens (including phenoxy) is 2. The second kappa shape index (κ2) is 5.87. The van der Waals surface area contributed by atoms with Crippen molar-refractivity contribution in [1.29, 1.82) is 5.41 Å². The van der Waals surface area contributed by atoms with Gasteiger partial charge in [0.2, 0.25) is 5.90 Å². The molecule has 3 nitrogen and oxygen atoms in total. The second-order valence-corrected chi connectivity index (χ2v) is 3.70. The zero-order valence-corrected chi connectivity index (χ0v) is 10.2. The van der Waals surface area contributed by atoms with Crippen LogP contribution in [0.3, 0.4) is 0 Å². The van der Waals surface area contributed by atoms with Crippen molar-refractivity contribution < 1.29 is 9.47 Å². The van der Waals surface area contributed by atoms with Gasteiger partial charge >= 0.3 is 0 Å². The van der Waals surface area contributed by atoms with Crippen LogP contribution in [0, 0.1) is 5.41 Å². The van der Waals surface area contributed by atoms with Crippen molar-refractivity contribution >= 4 is 5.90 Å². The van der Waals surface area contributed by atoms with Crippen LogP contribution in [0.2, 0.25) is 0 Å². The summed E-state index contributed by atoms with van der Waals surface area (Å²) in [6.45, 7) is 2.36. The van der Waals surface area contributed by atoms with E-state index < -0.39 is 0 Å². The molecule has 0 aliphatic carbocycles. The first-order valence-corrected chi connectivity index (χ1v) is 5.84. The minimum atomic E-state index is 0.184. The minimum Gasteiger partial charge on any atom is -0.478 e.